The van der Waals surface area contributed by atoms with Crippen molar-refractivity contribution in [3.63, 3.8) is 0 Å². The molecule has 1 aliphatic rings. The number of ether oxygens (including phenoxy) is 1. The highest BCUT2D eigenvalue weighted by Gasteiger charge is 2.28. The summed E-state index contributed by atoms with van der Waals surface area (Å²) in [5, 5.41) is 5.36. The second-order valence-corrected chi connectivity index (χ2v) is 9.58. The lowest BCUT2D eigenvalue weighted by atomic mass is 9.96. The molecule has 37 heavy (non-hydrogen) atoms. The number of methoxy groups -OCH3 is 1. The van der Waals surface area contributed by atoms with Crippen LogP contribution in [-0.4, -0.2) is 54.1 Å². The zero-order valence-corrected chi connectivity index (χ0v) is 21.1. The number of thiazole rings is 1. The molecular formula is C28H26F2N4O2S. The molecule has 0 saturated carbocycles. The summed E-state index contributed by atoms with van der Waals surface area (Å²) in [7, 11) is 1.62. The molecule has 2 amide bonds. The number of hydrogen-bond donors (Lipinski definition) is 1. The number of nitrogens with one attached hydrogen (secondary N) is 1. The van der Waals surface area contributed by atoms with Crippen molar-refractivity contribution >= 4 is 22.5 Å². The van der Waals surface area contributed by atoms with Crippen LogP contribution < -0.4 is 10.1 Å². The van der Waals surface area contributed by atoms with E-state index in [4.69, 9.17) is 4.74 Å². The van der Waals surface area contributed by atoms with Crippen LogP contribution in [0.15, 0.2) is 78.2 Å². The number of urea groups is 1. The van der Waals surface area contributed by atoms with E-state index in [2.05, 4.69) is 15.2 Å². The highest BCUT2D eigenvalue weighted by Crippen LogP contribution is 2.31. The molecule has 6 nitrogen and oxygen atoms in total. The van der Waals surface area contributed by atoms with Crippen molar-refractivity contribution in [3.8, 4) is 17.0 Å². The van der Waals surface area contributed by atoms with Crippen LogP contribution in [-0.2, 0) is 0 Å². The Morgan fingerprint density at radius 2 is 1.46 bits per heavy atom. The number of piperazine rings is 1. The fourth-order valence-corrected chi connectivity index (χ4v) is 5.19. The summed E-state index contributed by atoms with van der Waals surface area (Å²) in [6.07, 6.45) is 0. The van der Waals surface area contributed by atoms with Gasteiger partial charge < -0.3 is 9.64 Å². The van der Waals surface area contributed by atoms with Gasteiger partial charge in [0.05, 0.1) is 18.8 Å². The Kier molecular flexibility index (Phi) is 7.43. The maximum absolute atomic E-state index is 13.6. The van der Waals surface area contributed by atoms with Crippen molar-refractivity contribution in [1.82, 2.24) is 14.8 Å². The second kappa shape index (κ2) is 11.1. The number of benzene rings is 3. The molecular weight excluding hydrogens is 494 g/mol. The summed E-state index contributed by atoms with van der Waals surface area (Å²) in [6.45, 7) is 2.26. The number of nitrogens with zero attached hydrogens (tertiary/aromatic N) is 3. The number of amides is 2. The Hall–Kier alpha value is -3.82. The molecule has 190 valence electrons. The lowest BCUT2D eigenvalue weighted by Crippen LogP contribution is -2.51. The van der Waals surface area contributed by atoms with Crippen LogP contribution in [0.4, 0.5) is 18.7 Å². The van der Waals surface area contributed by atoms with Gasteiger partial charge in [-0.15, -0.1) is 11.3 Å². The van der Waals surface area contributed by atoms with Crippen molar-refractivity contribution in [2.75, 3.05) is 38.6 Å². The predicted molar refractivity (Wildman–Crippen MR) is 141 cm³/mol. The molecule has 1 fully saturated rings. The van der Waals surface area contributed by atoms with E-state index < -0.39 is 0 Å². The number of rotatable bonds is 6. The molecule has 5 rings (SSSR count). The third-order valence-corrected chi connectivity index (χ3v) is 7.20. The molecule has 3 aromatic carbocycles. The molecule has 4 aromatic rings. The SMILES string of the molecule is COc1ccc(-c2csc(NC(=O)N3CCN(C(c4ccc(F)cc4)c4ccc(F)cc4)CC3)n2)cc1. The summed E-state index contributed by atoms with van der Waals surface area (Å²) in [4.78, 5) is 21.5. The van der Waals surface area contributed by atoms with Gasteiger partial charge in [0.1, 0.15) is 17.4 Å². The predicted octanol–water partition coefficient (Wildman–Crippen LogP) is 6.04. The van der Waals surface area contributed by atoms with Gasteiger partial charge in [0, 0.05) is 37.1 Å². The first-order valence-electron chi connectivity index (χ1n) is 11.9. The second-order valence-electron chi connectivity index (χ2n) is 8.73. The summed E-state index contributed by atoms with van der Waals surface area (Å²) in [5.74, 6) is 0.161. The minimum absolute atomic E-state index is 0.169. The molecule has 1 aliphatic heterocycles. The van der Waals surface area contributed by atoms with E-state index in [1.165, 1.54) is 35.6 Å². The Morgan fingerprint density at radius 3 is 2.00 bits per heavy atom. The fraction of sp³-hybridized carbons (Fsp3) is 0.214. The normalized spacial score (nSPS) is 14.1. The highest BCUT2D eigenvalue weighted by atomic mass is 32.1. The molecule has 1 aromatic heterocycles. The fourth-order valence-electron chi connectivity index (χ4n) is 4.48. The van der Waals surface area contributed by atoms with Gasteiger partial charge >= 0.3 is 6.03 Å². The summed E-state index contributed by atoms with van der Waals surface area (Å²) < 4.78 is 32.3. The van der Waals surface area contributed by atoms with Crippen molar-refractivity contribution < 1.29 is 18.3 Å². The zero-order chi connectivity index (χ0) is 25.8. The van der Waals surface area contributed by atoms with Crippen LogP contribution in [0.2, 0.25) is 0 Å². The van der Waals surface area contributed by atoms with Gasteiger partial charge in [-0.1, -0.05) is 24.3 Å². The van der Waals surface area contributed by atoms with Crippen molar-refractivity contribution in [2.24, 2.45) is 0 Å². The van der Waals surface area contributed by atoms with Crippen LogP contribution in [0.3, 0.4) is 0 Å². The monoisotopic (exact) mass is 520 g/mol. The molecule has 0 radical (unpaired) electrons. The lowest BCUT2D eigenvalue weighted by Gasteiger charge is -2.39. The number of carbonyl (C=O) groups is 1. The quantitative estimate of drug-likeness (QED) is 0.337. The molecule has 2 heterocycles. The summed E-state index contributed by atoms with van der Waals surface area (Å²) in [5.41, 5.74) is 3.56. The minimum atomic E-state index is -0.305. The van der Waals surface area contributed by atoms with E-state index >= 15 is 0 Å². The van der Waals surface area contributed by atoms with Gasteiger partial charge in [0.15, 0.2) is 5.13 Å². The van der Waals surface area contributed by atoms with Gasteiger partial charge in [0.25, 0.3) is 0 Å². The largest absolute Gasteiger partial charge is 0.497 e. The first-order valence-corrected chi connectivity index (χ1v) is 12.8. The Balaban J connectivity index is 1.24. The highest BCUT2D eigenvalue weighted by molar-refractivity contribution is 7.14. The molecule has 0 bridgehead atoms. The standard InChI is InChI=1S/C28H26F2N4O2S/c1-36-24-12-6-19(7-13-24)25-18-37-27(31-25)32-28(35)34-16-14-33(15-17-34)26(20-2-8-22(29)9-3-20)21-4-10-23(30)11-5-21/h2-13,18,26H,14-17H2,1H3,(H,31,32,35). The molecule has 1 saturated heterocycles. The van der Waals surface area contributed by atoms with E-state index in [0.717, 1.165) is 28.1 Å². The van der Waals surface area contributed by atoms with Crippen LogP contribution in [0, 0.1) is 11.6 Å². The Morgan fingerprint density at radius 1 is 0.892 bits per heavy atom. The Bertz CT molecular complexity index is 1290. The molecule has 1 N–H and O–H groups in total. The van der Waals surface area contributed by atoms with Crippen LogP contribution >= 0.6 is 11.3 Å². The smallest absolute Gasteiger partial charge is 0.323 e. The lowest BCUT2D eigenvalue weighted by molar-refractivity contribution is 0.126. The van der Waals surface area contributed by atoms with E-state index in [1.54, 1.807) is 36.3 Å². The number of halogens is 2. The first kappa shape index (κ1) is 24.9. The molecule has 9 heteroatoms. The van der Waals surface area contributed by atoms with E-state index in [1.807, 2.05) is 29.6 Å². The average molecular weight is 521 g/mol. The van der Waals surface area contributed by atoms with Gasteiger partial charge in [-0.2, -0.15) is 0 Å². The van der Waals surface area contributed by atoms with E-state index in [0.29, 0.717) is 31.3 Å². The number of anilines is 1. The maximum Gasteiger partial charge on any atom is 0.323 e. The van der Waals surface area contributed by atoms with Crippen LogP contribution in [0.5, 0.6) is 5.75 Å². The van der Waals surface area contributed by atoms with Gasteiger partial charge in [-0.3, -0.25) is 10.2 Å². The molecule has 0 unspecified atom stereocenters. The topological polar surface area (TPSA) is 57.7 Å². The third kappa shape index (κ3) is 5.79. The molecule has 0 spiro atoms. The average Bonchev–Trinajstić information content (AvgIpc) is 3.40. The van der Waals surface area contributed by atoms with Crippen molar-refractivity contribution in [1.29, 1.82) is 0 Å². The van der Waals surface area contributed by atoms with Gasteiger partial charge in [-0.25, -0.2) is 18.6 Å². The first-order chi connectivity index (χ1) is 18.0. The van der Waals surface area contributed by atoms with E-state index in [-0.39, 0.29) is 23.7 Å². The zero-order valence-electron chi connectivity index (χ0n) is 20.2. The van der Waals surface area contributed by atoms with Crippen LogP contribution in [0.1, 0.15) is 17.2 Å². The van der Waals surface area contributed by atoms with Crippen molar-refractivity contribution in [2.45, 2.75) is 6.04 Å². The molecule has 0 aliphatic carbocycles. The van der Waals surface area contributed by atoms with Gasteiger partial charge in [-0.05, 0) is 59.7 Å². The van der Waals surface area contributed by atoms with E-state index in [9.17, 15) is 13.6 Å². The van der Waals surface area contributed by atoms with Crippen LogP contribution in [0.25, 0.3) is 11.3 Å². The Labute approximate surface area is 218 Å². The number of carbonyl (C=O) groups excluding carboxylic acids is 1. The minimum Gasteiger partial charge on any atom is -0.497 e. The summed E-state index contributed by atoms with van der Waals surface area (Å²) in [6, 6.07) is 20.0. The maximum atomic E-state index is 13.6. The number of hydrogen-bond acceptors (Lipinski definition) is 5. The third-order valence-electron chi connectivity index (χ3n) is 6.44. The summed E-state index contributed by atoms with van der Waals surface area (Å²) >= 11 is 1.38. The number of aromatic nitrogens is 1. The van der Waals surface area contributed by atoms with Crippen molar-refractivity contribution in [3.05, 3.63) is 101 Å². The molecule has 0 atom stereocenters. The van der Waals surface area contributed by atoms with Gasteiger partial charge in [0.2, 0.25) is 0 Å².